The number of allylic oxidation sites excluding steroid dienone is 11. The van der Waals surface area contributed by atoms with Gasteiger partial charge < -0.3 is 24.6 Å². The predicted octanol–water partition coefficient (Wildman–Crippen LogP) is 10.9. The molecular formula is C44H75O10P. The lowest BCUT2D eigenvalue weighted by Crippen LogP contribution is -2.29. The Morgan fingerprint density at radius 2 is 1.05 bits per heavy atom. The Morgan fingerprint density at radius 1 is 0.600 bits per heavy atom. The molecule has 0 rings (SSSR count). The van der Waals surface area contributed by atoms with Gasteiger partial charge in [-0.15, -0.1) is 6.58 Å². The number of ether oxygens (including phenoxy) is 2. The average molecular weight is 795 g/mol. The van der Waals surface area contributed by atoms with Gasteiger partial charge in [0, 0.05) is 12.8 Å². The minimum absolute atomic E-state index is 0.102. The molecule has 0 saturated carbocycles. The van der Waals surface area contributed by atoms with Crippen LogP contribution in [0.3, 0.4) is 0 Å². The molecular weight excluding hydrogens is 719 g/mol. The molecule has 11 heteroatoms. The third kappa shape index (κ3) is 39.4. The van der Waals surface area contributed by atoms with Crippen molar-refractivity contribution in [3.05, 3.63) is 73.4 Å². The molecule has 3 atom stereocenters. The highest BCUT2D eigenvalue weighted by Crippen LogP contribution is 2.43. The zero-order valence-corrected chi connectivity index (χ0v) is 34.8. The summed E-state index contributed by atoms with van der Waals surface area (Å²) >= 11 is 0. The van der Waals surface area contributed by atoms with E-state index in [1.165, 1.54) is 57.8 Å². The van der Waals surface area contributed by atoms with Crippen LogP contribution in [0.2, 0.25) is 0 Å². The first-order valence-electron chi connectivity index (χ1n) is 20.9. The van der Waals surface area contributed by atoms with Crippen LogP contribution in [-0.4, -0.2) is 65.7 Å². The van der Waals surface area contributed by atoms with Gasteiger partial charge in [-0.1, -0.05) is 144 Å². The van der Waals surface area contributed by atoms with Crippen LogP contribution in [0.1, 0.15) is 155 Å². The molecule has 1 unspecified atom stereocenters. The first-order valence-corrected chi connectivity index (χ1v) is 22.3. The van der Waals surface area contributed by atoms with E-state index in [0.29, 0.717) is 19.3 Å². The minimum atomic E-state index is -4.63. The molecule has 0 spiro atoms. The lowest BCUT2D eigenvalue weighted by Gasteiger charge is -2.20. The summed E-state index contributed by atoms with van der Waals surface area (Å²) in [6.45, 7) is 3.70. The number of carbonyl (C=O) groups excluding carboxylic acids is 2. The Bertz CT molecular complexity index is 1130. The van der Waals surface area contributed by atoms with Crippen LogP contribution in [0, 0.1) is 0 Å². The summed E-state index contributed by atoms with van der Waals surface area (Å²) in [5.74, 6) is -1.00. The SMILES string of the molecule is C=CCCCCCCCCCCCCCCCC(=O)OC[C@H](COP(=O)(O)OC[C@@H](O)CO)OC(=O)CCC/C=C/C/C=C/C/C=C/C/C=C/C/C=C/CC. The van der Waals surface area contributed by atoms with Crippen molar-refractivity contribution in [2.75, 3.05) is 26.4 Å². The van der Waals surface area contributed by atoms with E-state index in [0.717, 1.165) is 57.8 Å². The largest absolute Gasteiger partial charge is 0.472 e. The number of rotatable bonds is 39. The molecule has 0 aliphatic heterocycles. The van der Waals surface area contributed by atoms with Gasteiger partial charge in [-0.25, -0.2) is 4.57 Å². The van der Waals surface area contributed by atoms with Gasteiger partial charge in [0.25, 0.3) is 0 Å². The van der Waals surface area contributed by atoms with Crippen molar-refractivity contribution in [2.24, 2.45) is 0 Å². The van der Waals surface area contributed by atoms with Gasteiger partial charge in [0.1, 0.15) is 12.7 Å². The molecule has 0 radical (unpaired) electrons. The van der Waals surface area contributed by atoms with Crippen LogP contribution >= 0.6 is 7.82 Å². The van der Waals surface area contributed by atoms with Crippen molar-refractivity contribution in [2.45, 2.75) is 167 Å². The molecule has 0 aromatic carbocycles. The standard InChI is InChI=1S/C44H75O10P/c1-3-5-7-9-11-13-15-17-19-20-22-24-26-28-30-32-34-36-44(48)54-42(40-53-55(49,50)52-38-41(46)37-45)39-51-43(47)35-33-31-29-27-25-23-21-18-16-14-12-10-8-6-4-2/h4-5,7,11,13,17,19,22,24,28,30,41-42,45-46H,2-3,6,8-10,12,14-16,18,20-21,23,25-27,29,31-40H2,1H3,(H,49,50)/b7-5+,13-11+,19-17+,24-22+,30-28+/t41-,42+/m0/s1. The number of hydrogen-bond acceptors (Lipinski definition) is 9. The first-order chi connectivity index (χ1) is 26.7. The molecule has 0 fully saturated rings. The van der Waals surface area contributed by atoms with Gasteiger partial charge in [-0.2, -0.15) is 0 Å². The van der Waals surface area contributed by atoms with E-state index in [1.54, 1.807) is 0 Å². The van der Waals surface area contributed by atoms with Crippen molar-refractivity contribution in [1.29, 1.82) is 0 Å². The second-order valence-corrected chi connectivity index (χ2v) is 15.2. The lowest BCUT2D eigenvalue weighted by atomic mass is 10.0. The maximum absolute atomic E-state index is 12.6. The van der Waals surface area contributed by atoms with Gasteiger partial charge in [0.05, 0.1) is 19.8 Å². The molecule has 316 valence electrons. The zero-order valence-electron chi connectivity index (χ0n) is 34.0. The van der Waals surface area contributed by atoms with E-state index in [9.17, 15) is 24.2 Å². The zero-order chi connectivity index (χ0) is 40.5. The quantitative estimate of drug-likeness (QED) is 0.0237. The summed E-state index contributed by atoms with van der Waals surface area (Å²) in [5.41, 5.74) is 0. The van der Waals surface area contributed by atoms with Crippen LogP contribution in [0.15, 0.2) is 73.4 Å². The van der Waals surface area contributed by atoms with Gasteiger partial charge in [0.15, 0.2) is 6.10 Å². The molecule has 0 saturated heterocycles. The van der Waals surface area contributed by atoms with Gasteiger partial charge >= 0.3 is 19.8 Å². The van der Waals surface area contributed by atoms with E-state index >= 15 is 0 Å². The lowest BCUT2D eigenvalue weighted by molar-refractivity contribution is -0.161. The van der Waals surface area contributed by atoms with Crippen LogP contribution in [0.5, 0.6) is 0 Å². The van der Waals surface area contributed by atoms with Crippen LogP contribution in [0.4, 0.5) is 0 Å². The predicted molar refractivity (Wildman–Crippen MR) is 223 cm³/mol. The Hall–Kier alpha value is -2.59. The number of esters is 2. The summed E-state index contributed by atoms with van der Waals surface area (Å²) in [5, 5.41) is 18.3. The first kappa shape index (κ1) is 52.4. The highest BCUT2D eigenvalue weighted by molar-refractivity contribution is 7.47. The summed E-state index contributed by atoms with van der Waals surface area (Å²) in [7, 11) is -4.63. The molecule has 55 heavy (non-hydrogen) atoms. The second-order valence-electron chi connectivity index (χ2n) is 13.7. The number of phosphoric acid groups is 1. The maximum atomic E-state index is 12.6. The maximum Gasteiger partial charge on any atom is 0.472 e. The normalized spacial score (nSPS) is 14.4. The summed E-state index contributed by atoms with van der Waals surface area (Å²) in [4.78, 5) is 34.9. The molecule has 0 aliphatic carbocycles. The van der Waals surface area contributed by atoms with Crippen molar-refractivity contribution in [3.8, 4) is 0 Å². The van der Waals surface area contributed by atoms with Crippen LogP contribution in [0.25, 0.3) is 0 Å². The highest BCUT2D eigenvalue weighted by Gasteiger charge is 2.27. The summed E-state index contributed by atoms with van der Waals surface area (Å²) < 4.78 is 32.6. The number of unbranched alkanes of at least 4 members (excludes halogenated alkanes) is 14. The van der Waals surface area contributed by atoms with Crippen LogP contribution in [-0.2, 0) is 32.7 Å². The van der Waals surface area contributed by atoms with E-state index in [4.69, 9.17) is 19.1 Å². The molecule has 0 aromatic rings. The summed E-state index contributed by atoms with van der Waals surface area (Å²) in [6, 6.07) is 0. The molecule has 10 nitrogen and oxygen atoms in total. The van der Waals surface area contributed by atoms with E-state index < -0.39 is 51.8 Å². The fourth-order valence-electron chi connectivity index (χ4n) is 5.30. The van der Waals surface area contributed by atoms with E-state index in [2.05, 4.69) is 66.6 Å². The Balaban J connectivity index is 4.41. The van der Waals surface area contributed by atoms with Gasteiger partial charge in [-0.3, -0.25) is 18.6 Å². The molecule has 0 aromatic heterocycles. The minimum Gasteiger partial charge on any atom is -0.462 e. The molecule has 3 N–H and O–H groups in total. The monoisotopic (exact) mass is 795 g/mol. The second kappa shape index (κ2) is 39.6. The van der Waals surface area contributed by atoms with Gasteiger partial charge in [0.2, 0.25) is 0 Å². The topological polar surface area (TPSA) is 149 Å². The average Bonchev–Trinajstić information content (AvgIpc) is 3.17. The number of aliphatic hydroxyl groups excluding tert-OH is 2. The fourth-order valence-corrected chi connectivity index (χ4v) is 6.09. The third-order valence-corrected chi connectivity index (χ3v) is 9.44. The van der Waals surface area contributed by atoms with Crippen molar-refractivity contribution < 1.29 is 47.8 Å². The molecule has 0 aliphatic rings. The van der Waals surface area contributed by atoms with E-state index in [1.807, 2.05) is 18.2 Å². The smallest absolute Gasteiger partial charge is 0.462 e. The van der Waals surface area contributed by atoms with Crippen molar-refractivity contribution >= 4 is 19.8 Å². The third-order valence-electron chi connectivity index (χ3n) is 8.49. The number of carbonyl (C=O) groups is 2. The van der Waals surface area contributed by atoms with Gasteiger partial charge in [-0.05, 0) is 64.2 Å². The van der Waals surface area contributed by atoms with Crippen molar-refractivity contribution in [1.82, 2.24) is 0 Å². The Morgan fingerprint density at radius 3 is 1.56 bits per heavy atom. The van der Waals surface area contributed by atoms with E-state index in [-0.39, 0.29) is 19.4 Å². The Kier molecular flexibility index (Phi) is 37.8. The highest BCUT2D eigenvalue weighted by atomic mass is 31.2. The number of phosphoric ester groups is 1. The molecule has 0 amide bonds. The molecule has 0 heterocycles. The number of hydrogen-bond donors (Lipinski definition) is 3. The fraction of sp³-hybridized carbons (Fsp3) is 0.682. The van der Waals surface area contributed by atoms with Crippen molar-refractivity contribution in [3.63, 3.8) is 0 Å². The summed E-state index contributed by atoms with van der Waals surface area (Å²) in [6.07, 6.45) is 43.4. The number of aliphatic hydroxyl groups is 2. The van der Waals surface area contributed by atoms with Crippen LogP contribution < -0.4 is 0 Å². The molecule has 0 bridgehead atoms. The Labute approximate surface area is 333 Å².